The molecule has 1 atom stereocenters. The number of hydrogen-bond acceptors (Lipinski definition) is 2. The molecular weight excluding hydrogens is 278 g/mol. The molecular formula is C17H25N3O2. The Labute approximate surface area is 132 Å². The van der Waals surface area contributed by atoms with Crippen LogP contribution in [0.5, 0.6) is 0 Å². The zero-order chi connectivity index (χ0) is 16.1. The normalized spacial score (nSPS) is 14.6. The van der Waals surface area contributed by atoms with Gasteiger partial charge in [-0.05, 0) is 30.4 Å². The van der Waals surface area contributed by atoms with Gasteiger partial charge in [-0.2, -0.15) is 0 Å². The maximum atomic E-state index is 12.8. The third-order valence-electron chi connectivity index (χ3n) is 3.91. The van der Waals surface area contributed by atoms with Gasteiger partial charge in [-0.25, -0.2) is 4.79 Å². The van der Waals surface area contributed by atoms with E-state index in [2.05, 4.69) is 10.6 Å². The molecule has 5 nitrogen and oxygen atoms in total. The second-order valence-corrected chi connectivity index (χ2v) is 5.99. The molecule has 5 heteroatoms. The van der Waals surface area contributed by atoms with Gasteiger partial charge in [-0.3, -0.25) is 4.79 Å². The van der Waals surface area contributed by atoms with Gasteiger partial charge in [0.05, 0.1) is 0 Å². The summed E-state index contributed by atoms with van der Waals surface area (Å²) in [4.78, 5) is 26.5. The standard InChI is InChI=1S/C17H25N3O2/c1-4-10-18-17(22)19-15(12(2)3)16(21)20-11-9-13-7-5-6-8-14(13)20/h5-8,12,15H,4,9-11H2,1-3H3,(H2,18,19,22)/t15-/m1/s1. The fourth-order valence-corrected chi connectivity index (χ4v) is 2.68. The minimum atomic E-state index is -0.511. The Kier molecular flexibility index (Phi) is 5.41. The minimum Gasteiger partial charge on any atom is -0.338 e. The Morgan fingerprint density at radius 1 is 1.27 bits per heavy atom. The van der Waals surface area contributed by atoms with Crippen LogP contribution in [0.3, 0.4) is 0 Å². The Morgan fingerprint density at radius 2 is 2.00 bits per heavy atom. The molecule has 1 aliphatic rings. The Balaban J connectivity index is 2.09. The highest BCUT2D eigenvalue weighted by Crippen LogP contribution is 2.28. The summed E-state index contributed by atoms with van der Waals surface area (Å²) in [5.74, 6) is -0.000706. The monoisotopic (exact) mass is 303 g/mol. The molecule has 120 valence electrons. The van der Waals surface area contributed by atoms with E-state index in [1.165, 1.54) is 5.56 Å². The van der Waals surface area contributed by atoms with Crippen LogP contribution in [0.2, 0.25) is 0 Å². The van der Waals surface area contributed by atoms with Crippen molar-refractivity contribution in [3.05, 3.63) is 29.8 Å². The number of rotatable bonds is 5. The Morgan fingerprint density at radius 3 is 2.68 bits per heavy atom. The van der Waals surface area contributed by atoms with Crippen LogP contribution in [0.4, 0.5) is 10.5 Å². The van der Waals surface area contributed by atoms with E-state index in [9.17, 15) is 9.59 Å². The molecule has 0 radical (unpaired) electrons. The summed E-state index contributed by atoms with van der Waals surface area (Å²) in [6, 6.07) is 7.16. The number of amides is 3. The molecule has 2 rings (SSSR count). The van der Waals surface area contributed by atoms with Crippen LogP contribution in [0, 0.1) is 5.92 Å². The molecule has 22 heavy (non-hydrogen) atoms. The van der Waals surface area contributed by atoms with Crippen molar-refractivity contribution in [1.82, 2.24) is 10.6 Å². The van der Waals surface area contributed by atoms with E-state index in [-0.39, 0.29) is 17.9 Å². The molecule has 1 heterocycles. The van der Waals surface area contributed by atoms with Crippen LogP contribution >= 0.6 is 0 Å². The van der Waals surface area contributed by atoms with Crippen LogP contribution in [0.25, 0.3) is 0 Å². The fourth-order valence-electron chi connectivity index (χ4n) is 2.68. The summed E-state index contributed by atoms with van der Waals surface area (Å²) in [5, 5.41) is 5.58. The highest BCUT2D eigenvalue weighted by Gasteiger charge is 2.32. The summed E-state index contributed by atoms with van der Waals surface area (Å²) in [6.45, 7) is 7.18. The average Bonchev–Trinajstić information content (AvgIpc) is 2.93. The van der Waals surface area contributed by atoms with Crippen LogP contribution in [-0.2, 0) is 11.2 Å². The second kappa shape index (κ2) is 7.29. The lowest BCUT2D eigenvalue weighted by Crippen LogP contribution is -2.53. The number of fused-ring (bicyclic) bond motifs is 1. The first-order valence-electron chi connectivity index (χ1n) is 7.98. The number of nitrogens with one attached hydrogen (secondary N) is 2. The van der Waals surface area contributed by atoms with Crippen molar-refractivity contribution in [2.45, 2.75) is 39.7 Å². The highest BCUT2D eigenvalue weighted by atomic mass is 16.2. The number of nitrogens with zero attached hydrogens (tertiary/aromatic N) is 1. The van der Waals surface area contributed by atoms with Gasteiger partial charge in [0.1, 0.15) is 6.04 Å². The summed E-state index contributed by atoms with van der Waals surface area (Å²) in [7, 11) is 0. The topological polar surface area (TPSA) is 61.4 Å². The van der Waals surface area contributed by atoms with Gasteiger partial charge in [-0.15, -0.1) is 0 Å². The molecule has 2 N–H and O–H groups in total. The van der Waals surface area contributed by atoms with E-state index in [1.807, 2.05) is 45.0 Å². The molecule has 0 aliphatic carbocycles. The molecule has 0 bridgehead atoms. The molecule has 0 aromatic heterocycles. The van der Waals surface area contributed by atoms with Gasteiger partial charge < -0.3 is 15.5 Å². The zero-order valence-electron chi connectivity index (χ0n) is 13.6. The molecule has 3 amide bonds. The third-order valence-corrected chi connectivity index (χ3v) is 3.91. The van der Waals surface area contributed by atoms with Crippen molar-refractivity contribution in [1.29, 1.82) is 0 Å². The highest BCUT2D eigenvalue weighted by molar-refractivity contribution is 6.00. The predicted octanol–water partition coefficient (Wildman–Crippen LogP) is 2.31. The molecule has 0 spiro atoms. The molecule has 0 saturated carbocycles. The van der Waals surface area contributed by atoms with Crippen molar-refractivity contribution in [3.63, 3.8) is 0 Å². The fraction of sp³-hybridized carbons (Fsp3) is 0.529. The molecule has 1 aliphatic heterocycles. The first-order valence-corrected chi connectivity index (χ1v) is 7.98. The van der Waals surface area contributed by atoms with E-state index in [1.54, 1.807) is 4.90 Å². The number of benzene rings is 1. The lowest BCUT2D eigenvalue weighted by molar-refractivity contribution is -0.121. The average molecular weight is 303 g/mol. The second-order valence-electron chi connectivity index (χ2n) is 5.99. The van der Waals surface area contributed by atoms with Crippen LogP contribution < -0.4 is 15.5 Å². The van der Waals surface area contributed by atoms with Crippen molar-refractivity contribution in [2.75, 3.05) is 18.0 Å². The summed E-state index contributed by atoms with van der Waals surface area (Å²) in [5.41, 5.74) is 2.16. The van der Waals surface area contributed by atoms with E-state index in [0.29, 0.717) is 13.1 Å². The summed E-state index contributed by atoms with van der Waals surface area (Å²) in [6.07, 6.45) is 1.74. The van der Waals surface area contributed by atoms with Crippen molar-refractivity contribution in [3.8, 4) is 0 Å². The first-order chi connectivity index (χ1) is 10.5. The van der Waals surface area contributed by atoms with Gasteiger partial charge in [-0.1, -0.05) is 39.0 Å². The maximum Gasteiger partial charge on any atom is 0.315 e. The van der Waals surface area contributed by atoms with E-state index >= 15 is 0 Å². The van der Waals surface area contributed by atoms with Gasteiger partial charge in [0.15, 0.2) is 0 Å². The largest absolute Gasteiger partial charge is 0.338 e. The number of carbonyl (C=O) groups is 2. The van der Waals surface area contributed by atoms with Gasteiger partial charge in [0.2, 0.25) is 5.91 Å². The minimum absolute atomic E-state index is 0.0349. The SMILES string of the molecule is CCCNC(=O)N[C@@H](C(=O)N1CCc2ccccc21)C(C)C. The van der Waals surface area contributed by atoms with Crippen LogP contribution in [0.15, 0.2) is 24.3 Å². The molecule has 1 aromatic carbocycles. The summed E-state index contributed by atoms with van der Waals surface area (Å²) >= 11 is 0. The molecule has 0 fully saturated rings. The van der Waals surface area contributed by atoms with Gasteiger partial charge >= 0.3 is 6.03 Å². The number of hydrogen-bond donors (Lipinski definition) is 2. The van der Waals surface area contributed by atoms with Crippen LogP contribution in [0.1, 0.15) is 32.8 Å². The van der Waals surface area contributed by atoms with Crippen molar-refractivity contribution >= 4 is 17.6 Å². The lowest BCUT2D eigenvalue weighted by atomic mass is 10.0. The number of carbonyl (C=O) groups excluding carboxylic acids is 2. The lowest BCUT2D eigenvalue weighted by Gasteiger charge is -2.27. The number of para-hydroxylation sites is 1. The van der Waals surface area contributed by atoms with Crippen molar-refractivity contribution < 1.29 is 9.59 Å². The predicted molar refractivity (Wildman–Crippen MR) is 88.0 cm³/mol. The maximum absolute atomic E-state index is 12.8. The Bertz CT molecular complexity index is 542. The third kappa shape index (κ3) is 3.59. The Hall–Kier alpha value is -2.04. The first kappa shape index (κ1) is 16.3. The smallest absolute Gasteiger partial charge is 0.315 e. The molecule has 0 unspecified atom stereocenters. The van der Waals surface area contributed by atoms with Crippen LogP contribution in [-0.4, -0.2) is 31.1 Å². The summed E-state index contributed by atoms with van der Waals surface area (Å²) < 4.78 is 0. The number of anilines is 1. The van der Waals surface area contributed by atoms with Gasteiger partial charge in [0, 0.05) is 18.8 Å². The van der Waals surface area contributed by atoms with E-state index in [4.69, 9.17) is 0 Å². The zero-order valence-corrected chi connectivity index (χ0v) is 13.6. The van der Waals surface area contributed by atoms with Gasteiger partial charge in [0.25, 0.3) is 0 Å². The molecule has 1 aromatic rings. The van der Waals surface area contributed by atoms with E-state index in [0.717, 1.165) is 18.5 Å². The quantitative estimate of drug-likeness (QED) is 0.877. The number of urea groups is 1. The van der Waals surface area contributed by atoms with E-state index < -0.39 is 6.04 Å². The van der Waals surface area contributed by atoms with Crippen molar-refractivity contribution in [2.24, 2.45) is 5.92 Å². The molecule has 0 saturated heterocycles.